The molecule has 0 aliphatic carbocycles. The molecular formula is C17H28N2O2. The van der Waals surface area contributed by atoms with E-state index in [9.17, 15) is 4.79 Å². The Morgan fingerprint density at radius 2 is 1.76 bits per heavy atom. The van der Waals surface area contributed by atoms with Crippen LogP contribution in [-0.4, -0.2) is 25.1 Å². The fourth-order valence-electron chi connectivity index (χ4n) is 2.13. The summed E-state index contributed by atoms with van der Waals surface area (Å²) in [6.07, 6.45) is 1.01. The predicted molar refractivity (Wildman–Crippen MR) is 86.4 cm³/mol. The maximum Gasteiger partial charge on any atom is 0.236 e. The molecule has 4 nitrogen and oxygen atoms in total. The smallest absolute Gasteiger partial charge is 0.236 e. The molecule has 2 N–H and O–H groups in total. The molecule has 0 aliphatic heterocycles. The van der Waals surface area contributed by atoms with Crippen molar-refractivity contribution < 1.29 is 9.53 Å². The van der Waals surface area contributed by atoms with Crippen molar-refractivity contribution in [3.05, 3.63) is 29.8 Å². The molecule has 1 atom stereocenters. The van der Waals surface area contributed by atoms with E-state index in [-0.39, 0.29) is 18.1 Å². The molecule has 0 saturated heterocycles. The third-order valence-corrected chi connectivity index (χ3v) is 3.12. The van der Waals surface area contributed by atoms with E-state index in [0.717, 1.165) is 17.7 Å². The molecular weight excluding hydrogens is 264 g/mol. The molecule has 0 bridgehead atoms. The number of carbonyl (C=O) groups is 1. The molecule has 0 spiro atoms. The van der Waals surface area contributed by atoms with Crippen molar-refractivity contribution in [2.75, 3.05) is 7.05 Å². The first-order valence-electron chi connectivity index (χ1n) is 7.63. The van der Waals surface area contributed by atoms with Gasteiger partial charge in [0.05, 0.1) is 12.1 Å². The van der Waals surface area contributed by atoms with Crippen LogP contribution in [0, 0.1) is 5.92 Å². The lowest BCUT2D eigenvalue weighted by Gasteiger charge is -2.19. The zero-order valence-electron chi connectivity index (χ0n) is 13.8. The van der Waals surface area contributed by atoms with Crippen LogP contribution in [0.2, 0.25) is 0 Å². The van der Waals surface area contributed by atoms with Gasteiger partial charge in [0.15, 0.2) is 0 Å². The van der Waals surface area contributed by atoms with Gasteiger partial charge in [-0.3, -0.25) is 4.79 Å². The highest BCUT2D eigenvalue weighted by atomic mass is 16.5. The van der Waals surface area contributed by atoms with Gasteiger partial charge in [0, 0.05) is 13.6 Å². The molecule has 0 saturated carbocycles. The third-order valence-electron chi connectivity index (χ3n) is 3.12. The second-order valence-electron chi connectivity index (χ2n) is 5.99. The van der Waals surface area contributed by atoms with Crippen molar-refractivity contribution in [1.29, 1.82) is 0 Å². The summed E-state index contributed by atoms with van der Waals surface area (Å²) >= 11 is 0. The van der Waals surface area contributed by atoms with Gasteiger partial charge in [0.1, 0.15) is 5.75 Å². The van der Waals surface area contributed by atoms with Crippen LogP contribution in [0.25, 0.3) is 0 Å². The fraction of sp³-hybridized carbons (Fsp3) is 0.588. The number of benzene rings is 1. The Morgan fingerprint density at radius 1 is 1.14 bits per heavy atom. The van der Waals surface area contributed by atoms with E-state index in [1.165, 1.54) is 0 Å². The van der Waals surface area contributed by atoms with Crippen molar-refractivity contribution in [2.24, 2.45) is 5.92 Å². The normalized spacial score (nSPS) is 12.5. The Morgan fingerprint density at radius 3 is 2.24 bits per heavy atom. The Kier molecular flexibility index (Phi) is 7.23. The maximum atomic E-state index is 11.9. The Bertz CT molecular complexity index is 427. The number of nitrogens with one attached hydrogen (secondary N) is 2. The summed E-state index contributed by atoms with van der Waals surface area (Å²) < 4.78 is 5.62. The third kappa shape index (κ3) is 6.63. The number of likely N-dealkylation sites (N-methyl/N-ethyl adjacent to an activating group) is 1. The van der Waals surface area contributed by atoms with E-state index in [1.54, 1.807) is 7.05 Å². The first-order chi connectivity index (χ1) is 9.92. The van der Waals surface area contributed by atoms with Crippen molar-refractivity contribution in [2.45, 2.75) is 52.8 Å². The minimum absolute atomic E-state index is 0.0449. The summed E-state index contributed by atoms with van der Waals surface area (Å²) in [6.45, 7) is 8.93. The summed E-state index contributed by atoms with van der Waals surface area (Å²) in [5.41, 5.74) is 1.14. The molecule has 118 valence electrons. The minimum atomic E-state index is -0.151. The SMILES string of the molecule is CNC(=O)C(CC(C)C)NCc1ccc(OC(C)C)cc1. The van der Waals surface area contributed by atoms with Crippen LogP contribution in [0.1, 0.15) is 39.7 Å². The van der Waals surface area contributed by atoms with E-state index in [4.69, 9.17) is 4.74 Å². The number of ether oxygens (including phenoxy) is 1. The summed E-state index contributed by atoms with van der Waals surface area (Å²) in [5.74, 6) is 1.39. The first kappa shape index (κ1) is 17.5. The second kappa shape index (κ2) is 8.67. The number of carbonyl (C=O) groups excluding carboxylic acids is 1. The van der Waals surface area contributed by atoms with Gasteiger partial charge in [-0.05, 0) is 43.9 Å². The molecule has 21 heavy (non-hydrogen) atoms. The predicted octanol–water partition coefficient (Wildman–Crippen LogP) is 2.72. The molecule has 0 heterocycles. The Labute approximate surface area is 128 Å². The Hall–Kier alpha value is -1.55. The van der Waals surface area contributed by atoms with Gasteiger partial charge >= 0.3 is 0 Å². The lowest BCUT2D eigenvalue weighted by molar-refractivity contribution is -0.123. The maximum absolute atomic E-state index is 11.9. The average Bonchev–Trinajstić information content (AvgIpc) is 2.43. The van der Waals surface area contributed by atoms with E-state index in [1.807, 2.05) is 38.1 Å². The lowest BCUT2D eigenvalue weighted by Crippen LogP contribution is -2.43. The highest BCUT2D eigenvalue weighted by Crippen LogP contribution is 2.14. The lowest BCUT2D eigenvalue weighted by atomic mass is 10.0. The highest BCUT2D eigenvalue weighted by molar-refractivity contribution is 5.81. The monoisotopic (exact) mass is 292 g/mol. The van der Waals surface area contributed by atoms with Crippen LogP contribution in [0.3, 0.4) is 0 Å². The Balaban J connectivity index is 2.56. The van der Waals surface area contributed by atoms with Gasteiger partial charge in [0.2, 0.25) is 5.91 Å². The molecule has 0 fully saturated rings. The molecule has 1 aromatic carbocycles. The highest BCUT2D eigenvalue weighted by Gasteiger charge is 2.17. The number of amides is 1. The molecule has 0 radical (unpaired) electrons. The number of hydrogen-bond acceptors (Lipinski definition) is 3. The zero-order valence-corrected chi connectivity index (χ0v) is 13.8. The number of rotatable bonds is 8. The van der Waals surface area contributed by atoms with Gasteiger partial charge in [-0.1, -0.05) is 26.0 Å². The van der Waals surface area contributed by atoms with Crippen molar-refractivity contribution in [3.8, 4) is 5.75 Å². The molecule has 1 amide bonds. The largest absolute Gasteiger partial charge is 0.491 e. The zero-order chi connectivity index (χ0) is 15.8. The van der Waals surface area contributed by atoms with Gasteiger partial charge in [-0.25, -0.2) is 0 Å². The van der Waals surface area contributed by atoms with Crippen molar-refractivity contribution in [1.82, 2.24) is 10.6 Å². The van der Waals surface area contributed by atoms with Gasteiger partial charge in [-0.15, -0.1) is 0 Å². The molecule has 1 aromatic rings. The summed E-state index contributed by atoms with van der Waals surface area (Å²) in [5, 5.41) is 6.04. The van der Waals surface area contributed by atoms with Gasteiger partial charge in [0.25, 0.3) is 0 Å². The minimum Gasteiger partial charge on any atom is -0.491 e. The molecule has 0 aliphatic rings. The van der Waals surface area contributed by atoms with Crippen molar-refractivity contribution in [3.63, 3.8) is 0 Å². The van der Waals surface area contributed by atoms with E-state index < -0.39 is 0 Å². The van der Waals surface area contributed by atoms with E-state index in [2.05, 4.69) is 24.5 Å². The summed E-state index contributed by atoms with van der Waals surface area (Å²) in [4.78, 5) is 11.9. The molecule has 1 unspecified atom stereocenters. The van der Waals surface area contributed by atoms with Crippen LogP contribution >= 0.6 is 0 Å². The number of hydrogen-bond donors (Lipinski definition) is 2. The van der Waals surface area contributed by atoms with Crippen LogP contribution in [-0.2, 0) is 11.3 Å². The van der Waals surface area contributed by atoms with Crippen molar-refractivity contribution >= 4 is 5.91 Å². The van der Waals surface area contributed by atoms with Crippen LogP contribution in [0.15, 0.2) is 24.3 Å². The fourth-order valence-corrected chi connectivity index (χ4v) is 2.13. The van der Waals surface area contributed by atoms with Crippen LogP contribution in [0.4, 0.5) is 0 Å². The van der Waals surface area contributed by atoms with Gasteiger partial charge < -0.3 is 15.4 Å². The summed E-state index contributed by atoms with van der Waals surface area (Å²) in [6, 6.07) is 7.84. The second-order valence-corrected chi connectivity index (χ2v) is 5.99. The average molecular weight is 292 g/mol. The molecule has 4 heteroatoms. The molecule has 1 rings (SSSR count). The standard InChI is InChI=1S/C17H28N2O2/c1-12(2)10-16(17(20)18-5)19-11-14-6-8-15(9-7-14)21-13(3)4/h6-9,12-13,16,19H,10-11H2,1-5H3,(H,18,20). The molecule has 0 aromatic heterocycles. The van der Waals surface area contributed by atoms with E-state index in [0.29, 0.717) is 12.5 Å². The summed E-state index contributed by atoms with van der Waals surface area (Å²) in [7, 11) is 1.68. The van der Waals surface area contributed by atoms with Crippen LogP contribution in [0.5, 0.6) is 5.75 Å². The van der Waals surface area contributed by atoms with Crippen LogP contribution < -0.4 is 15.4 Å². The topological polar surface area (TPSA) is 50.4 Å². The van der Waals surface area contributed by atoms with Gasteiger partial charge in [-0.2, -0.15) is 0 Å². The first-order valence-corrected chi connectivity index (χ1v) is 7.63. The quantitative estimate of drug-likeness (QED) is 0.774. The van der Waals surface area contributed by atoms with E-state index >= 15 is 0 Å².